The Balaban J connectivity index is 1.68. The van der Waals surface area contributed by atoms with E-state index in [1.165, 1.54) is 4.57 Å². The number of aliphatic hydroxyl groups is 1. The summed E-state index contributed by atoms with van der Waals surface area (Å²) in [6, 6.07) is 13.3. The van der Waals surface area contributed by atoms with E-state index < -0.39 is 11.2 Å². The molecule has 10 heteroatoms. The third kappa shape index (κ3) is 4.63. The average molecular weight is 519 g/mol. The summed E-state index contributed by atoms with van der Waals surface area (Å²) in [6.45, 7) is 7.82. The van der Waals surface area contributed by atoms with Gasteiger partial charge < -0.3 is 14.9 Å². The number of fused-ring (bicyclic) bond motifs is 1. The fourth-order valence-corrected chi connectivity index (χ4v) is 4.54. The molecule has 3 aromatic heterocycles. The van der Waals surface area contributed by atoms with E-state index in [4.69, 9.17) is 16.1 Å². The van der Waals surface area contributed by atoms with Crippen LogP contribution in [0.2, 0.25) is 5.02 Å². The van der Waals surface area contributed by atoms with Crippen LogP contribution in [0.25, 0.3) is 27.7 Å². The van der Waals surface area contributed by atoms with Crippen LogP contribution in [0.1, 0.15) is 30.9 Å². The monoisotopic (exact) mass is 518 g/mol. The lowest BCUT2D eigenvalue weighted by Crippen LogP contribution is -2.31. The minimum Gasteiger partial charge on any atom is -0.394 e. The first kappa shape index (κ1) is 24.7. The molecule has 0 aliphatic heterocycles. The quantitative estimate of drug-likeness (QED) is 0.317. The molecule has 2 N–H and O–H groups in total. The molecule has 0 spiro atoms. The average Bonchev–Trinajstić information content (AvgIpc) is 3.49. The molecule has 0 radical (unpaired) electrons. The van der Waals surface area contributed by atoms with Gasteiger partial charge in [-0.15, -0.1) is 0 Å². The van der Waals surface area contributed by atoms with Gasteiger partial charge in [-0.1, -0.05) is 35.0 Å². The molecule has 0 saturated carbocycles. The van der Waals surface area contributed by atoms with Gasteiger partial charge in [0.05, 0.1) is 35.2 Å². The van der Waals surface area contributed by atoms with E-state index in [-0.39, 0.29) is 6.61 Å². The highest BCUT2D eigenvalue weighted by Gasteiger charge is 2.22. The van der Waals surface area contributed by atoms with Crippen molar-refractivity contribution in [3.05, 3.63) is 87.4 Å². The maximum atomic E-state index is 13.3. The molecule has 3 heterocycles. The van der Waals surface area contributed by atoms with Crippen molar-refractivity contribution in [1.82, 2.24) is 24.5 Å². The van der Waals surface area contributed by atoms with Crippen LogP contribution in [0, 0.1) is 13.8 Å². The Bertz CT molecular complexity index is 1650. The SMILES string of the molecule is Cc1noc(C)c1-c1ccc2c(c1)c(NCc1cccc(Cl)c1)nc(=O)n2-c1cnn(C(C)(C)CO)c1. The highest BCUT2D eigenvalue weighted by molar-refractivity contribution is 6.30. The summed E-state index contributed by atoms with van der Waals surface area (Å²) in [6.07, 6.45) is 3.33. The fourth-order valence-electron chi connectivity index (χ4n) is 4.33. The molecule has 0 aliphatic carbocycles. The van der Waals surface area contributed by atoms with E-state index in [9.17, 15) is 9.90 Å². The summed E-state index contributed by atoms with van der Waals surface area (Å²) in [5, 5.41) is 22.9. The van der Waals surface area contributed by atoms with Crippen LogP contribution in [-0.2, 0) is 12.1 Å². The maximum Gasteiger partial charge on any atom is 0.354 e. The van der Waals surface area contributed by atoms with E-state index in [1.54, 1.807) is 17.1 Å². The van der Waals surface area contributed by atoms with Gasteiger partial charge in [-0.2, -0.15) is 10.1 Å². The standard InChI is InChI=1S/C27H27ClN6O3/c1-16-24(17(2)37-32-16)19-8-9-23-22(11-19)25(29-12-18-6-5-7-20(28)10-18)31-26(36)34(23)21-13-30-33(14-21)27(3,4)15-35/h5-11,13-14,35H,12,15H2,1-4H3,(H,29,31,36). The van der Waals surface area contributed by atoms with Crippen LogP contribution < -0.4 is 11.0 Å². The molecule has 0 saturated heterocycles. The fraction of sp³-hybridized carbons (Fsp3) is 0.259. The molecule has 9 nitrogen and oxygen atoms in total. The summed E-state index contributed by atoms with van der Waals surface area (Å²) in [5.41, 5.74) is 3.67. The summed E-state index contributed by atoms with van der Waals surface area (Å²) in [7, 11) is 0. The van der Waals surface area contributed by atoms with Crippen LogP contribution in [0.5, 0.6) is 0 Å². The third-order valence-electron chi connectivity index (χ3n) is 6.40. The molecule has 0 amide bonds. The molecule has 0 unspecified atom stereocenters. The molecule has 5 aromatic rings. The number of hydrogen-bond donors (Lipinski definition) is 2. The Kier molecular flexibility index (Phi) is 6.35. The first-order valence-corrected chi connectivity index (χ1v) is 12.2. The molecule has 190 valence electrons. The van der Waals surface area contributed by atoms with Crippen molar-refractivity contribution in [2.24, 2.45) is 0 Å². The van der Waals surface area contributed by atoms with Gasteiger partial charge in [0.25, 0.3) is 0 Å². The molecule has 0 aliphatic rings. The van der Waals surface area contributed by atoms with Crippen molar-refractivity contribution in [2.75, 3.05) is 11.9 Å². The second-order valence-electron chi connectivity index (χ2n) is 9.61. The zero-order chi connectivity index (χ0) is 26.3. The normalized spacial score (nSPS) is 11.8. The molecule has 37 heavy (non-hydrogen) atoms. The lowest BCUT2D eigenvalue weighted by molar-refractivity contribution is 0.152. The number of hydrogen-bond acceptors (Lipinski definition) is 7. The summed E-state index contributed by atoms with van der Waals surface area (Å²) in [4.78, 5) is 17.8. The highest BCUT2D eigenvalue weighted by atomic mass is 35.5. The lowest BCUT2D eigenvalue weighted by Gasteiger charge is -2.22. The van der Waals surface area contributed by atoms with Gasteiger partial charge in [0.15, 0.2) is 0 Å². The zero-order valence-electron chi connectivity index (χ0n) is 21.0. The zero-order valence-corrected chi connectivity index (χ0v) is 21.7. The number of aryl methyl sites for hydroxylation is 2. The second kappa shape index (κ2) is 9.49. The van der Waals surface area contributed by atoms with Gasteiger partial charge in [-0.05, 0) is 63.1 Å². The van der Waals surface area contributed by atoms with Crippen LogP contribution in [0.4, 0.5) is 5.82 Å². The molecular formula is C27H27ClN6O3. The van der Waals surface area contributed by atoms with Crippen molar-refractivity contribution in [1.29, 1.82) is 0 Å². The van der Waals surface area contributed by atoms with Crippen LogP contribution in [0.15, 0.2) is 64.2 Å². The number of benzene rings is 2. The molecule has 2 aromatic carbocycles. The predicted octanol–water partition coefficient (Wildman–Crippen LogP) is 4.85. The number of rotatable bonds is 7. The first-order chi connectivity index (χ1) is 17.7. The molecule has 0 atom stereocenters. The van der Waals surface area contributed by atoms with Gasteiger partial charge in [0, 0.05) is 28.7 Å². The number of nitrogens with one attached hydrogen (secondary N) is 1. The number of aliphatic hydroxyl groups excluding tert-OH is 1. The van der Waals surface area contributed by atoms with E-state index in [1.807, 2.05) is 70.2 Å². The van der Waals surface area contributed by atoms with Crippen molar-refractivity contribution in [2.45, 2.75) is 39.8 Å². The summed E-state index contributed by atoms with van der Waals surface area (Å²) >= 11 is 6.15. The Morgan fingerprint density at radius 2 is 1.97 bits per heavy atom. The molecule has 0 bridgehead atoms. The number of aromatic nitrogens is 5. The minimum atomic E-state index is -0.625. The minimum absolute atomic E-state index is 0.102. The second-order valence-corrected chi connectivity index (χ2v) is 10.0. The third-order valence-corrected chi connectivity index (χ3v) is 6.63. The highest BCUT2D eigenvalue weighted by Crippen LogP contribution is 2.32. The Hall–Kier alpha value is -3.95. The summed E-state index contributed by atoms with van der Waals surface area (Å²) < 4.78 is 8.55. The summed E-state index contributed by atoms with van der Waals surface area (Å²) in [5.74, 6) is 1.16. The first-order valence-electron chi connectivity index (χ1n) is 11.8. The van der Waals surface area contributed by atoms with Gasteiger partial charge in [0.1, 0.15) is 11.6 Å². The van der Waals surface area contributed by atoms with E-state index in [2.05, 4.69) is 20.6 Å². The van der Waals surface area contributed by atoms with Crippen LogP contribution >= 0.6 is 11.6 Å². The number of halogens is 1. The van der Waals surface area contributed by atoms with Gasteiger partial charge >= 0.3 is 5.69 Å². The predicted molar refractivity (Wildman–Crippen MR) is 143 cm³/mol. The van der Waals surface area contributed by atoms with Crippen molar-refractivity contribution in [3.63, 3.8) is 0 Å². The van der Waals surface area contributed by atoms with E-state index in [0.717, 1.165) is 27.8 Å². The smallest absolute Gasteiger partial charge is 0.354 e. The Morgan fingerprint density at radius 1 is 1.16 bits per heavy atom. The molecule has 0 fully saturated rings. The van der Waals surface area contributed by atoms with Crippen molar-refractivity contribution in [3.8, 4) is 16.8 Å². The lowest BCUT2D eigenvalue weighted by atomic mass is 10.0. The van der Waals surface area contributed by atoms with E-state index in [0.29, 0.717) is 34.3 Å². The largest absolute Gasteiger partial charge is 0.394 e. The van der Waals surface area contributed by atoms with Crippen molar-refractivity contribution < 1.29 is 9.63 Å². The van der Waals surface area contributed by atoms with E-state index >= 15 is 0 Å². The molecule has 5 rings (SSSR count). The van der Waals surface area contributed by atoms with Crippen LogP contribution in [0.3, 0.4) is 0 Å². The van der Waals surface area contributed by atoms with Crippen molar-refractivity contribution >= 4 is 28.3 Å². The Labute approximate surface area is 218 Å². The Morgan fingerprint density at radius 3 is 2.68 bits per heavy atom. The van der Waals surface area contributed by atoms with Gasteiger partial charge in [-0.3, -0.25) is 9.25 Å². The van der Waals surface area contributed by atoms with Gasteiger partial charge in [0.2, 0.25) is 0 Å². The van der Waals surface area contributed by atoms with Gasteiger partial charge in [-0.25, -0.2) is 4.79 Å². The number of anilines is 1. The van der Waals surface area contributed by atoms with Crippen LogP contribution in [-0.4, -0.2) is 36.2 Å². The topological polar surface area (TPSA) is 111 Å². The molecular weight excluding hydrogens is 492 g/mol. The maximum absolute atomic E-state index is 13.3. The number of nitrogens with zero attached hydrogens (tertiary/aromatic N) is 5.